The summed E-state index contributed by atoms with van der Waals surface area (Å²) in [6.07, 6.45) is 14.9. The van der Waals surface area contributed by atoms with Crippen LogP contribution in [0.2, 0.25) is 0 Å². The minimum Gasteiger partial charge on any atom is -0.343 e. The van der Waals surface area contributed by atoms with Crippen molar-refractivity contribution in [3.63, 3.8) is 0 Å². The number of hydrogen-bond donors (Lipinski definition) is 0. The first-order valence-corrected chi connectivity index (χ1v) is 8.97. The SMILES string of the molecule is CCN(CC)C(=O)CCC1CCC2(CCCCC2)CC1. The van der Waals surface area contributed by atoms with E-state index >= 15 is 0 Å². The van der Waals surface area contributed by atoms with E-state index in [2.05, 4.69) is 13.8 Å². The fourth-order valence-corrected chi connectivity index (χ4v) is 4.44. The molecule has 2 saturated carbocycles. The molecule has 2 aliphatic carbocycles. The molecule has 0 N–H and O–H groups in total. The first kappa shape index (κ1) is 15.9. The molecule has 0 aromatic heterocycles. The van der Waals surface area contributed by atoms with Gasteiger partial charge in [-0.15, -0.1) is 0 Å². The second kappa shape index (κ2) is 7.47. The summed E-state index contributed by atoms with van der Waals surface area (Å²) >= 11 is 0. The van der Waals surface area contributed by atoms with E-state index in [-0.39, 0.29) is 0 Å². The zero-order valence-corrected chi connectivity index (χ0v) is 13.6. The van der Waals surface area contributed by atoms with E-state index in [1.807, 2.05) is 4.90 Å². The monoisotopic (exact) mass is 279 g/mol. The van der Waals surface area contributed by atoms with Gasteiger partial charge in [0.2, 0.25) is 5.91 Å². The first-order valence-electron chi connectivity index (χ1n) is 8.97. The van der Waals surface area contributed by atoms with Gasteiger partial charge in [0, 0.05) is 19.5 Å². The third kappa shape index (κ3) is 3.99. The molecule has 0 aromatic carbocycles. The topological polar surface area (TPSA) is 20.3 Å². The standard InChI is InChI=1S/C18H33NO/c1-3-19(4-2)17(20)9-8-16-10-14-18(15-11-16)12-6-5-7-13-18/h16H,3-15H2,1-2H3. The van der Waals surface area contributed by atoms with Gasteiger partial charge in [-0.25, -0.2) is 0 Å². The lowest BCUT2D eigenvalue weighted by Gasteiger charge is -2.43. The fourth-order valence-electron chi connectivity index (χ4n) is 4.44. The summed E-state index contributed by atoms with van der Waals surface area (Å²) in [6.45, 7) is 5.88. The molecule has 0 saturated heterocycles. The van der Waals surface area contributed by atoms with Gasteiger partial charge in [0.15, 0.2) is 0 Å². The van der Waals surface area contributed by atoms with Crippen molar-refractivity contribution in [2.75, 3.05) is 13.1 Å². The minimum absolute atomic E-state index is 0.368. The molecule has 0 aromatic rings. The average molecular weight is 279 g/mol. The predicted molar refractivity (Wildman–Crippen MR) is 84.6 cm³/mol. The molecule has 0 unspecified atom stereocenters. The van der Waals surface area contributed by atoms with Crippen LogP contribution in [-0.2, 0) is 4.79 Å². The molecule has 2 rings (SSSR count). The van der Waals surface area contributed by atoms with E-state index in [1.165, 1.54) is 57.8 Å². The van der Waals surface area contributed by atoms with Crippen molar-refractivity contribution in [2.24, 2.45) is 11.3 Å². The summed E-state index contributed by atoms with van der Waals surface area (Å²) in [5.74, 6) is 1.19. The molecule has 2 aliphatic rings. The molecule has 20 heavy (non-hydrogen) atoms. The third-order valence-corrected chi connectivity index (χ3v) is 5.96. The molecule has 0 radical (unpaired) electrons. The molecule has 2 nitrogen and oxygen atoms in total. The quantitative estimate of drug-likeness (QED) is 0.709. The Morgan fingerprint density at radius 3 is 2.15 bits per heavy atom. The molecule has 2 heteroatoms. The van der Waals surface area contributed by atoms with Gasteiger partial charge < -0.3 is 4.90 Å². The molecule has 1 spiro atoms. The second-order valence-corrected chi connectivity index (χ2v) is 7.11. The lowest BCUT2D eigenvalue weighted by molar-refractivity contribution is -0.131. The maximum absolute atomic E-state index is 12.1. The fraction of sp³-hybridized carbons (Fsp3) is 0.944. The number of amides is 1. The molecular formula is C18H33NO. The van der Waals surface area contributed by atoms with Gasteiger partial charge in [-0.1, -0.05) is 19.3 Å². The molecule has 0 atom stereocenters. The van der Waals surface area contributed by atoms with Crippen molar-refractivity contribution in [1.82, 2.24) is 4.90 Å². The minimum atomic E-state index is 0.368. The third-order valence-electron chi connectivity index (χ3n) is 5.96. The van der Waals surface area contributed by atoms with Crippen molar-refractivity contribution in [3.8, 4) is 0 Å². The zero-order chi connectivity index (χ0) is 14.4. The highest BCUT2D eigenvalue weighted by Gasteiger charge is 2.35. The van der Waals surface area contributed by atoms with Crippen molar-refractivity contribution < 1.29 is 4.79 Å². The van der Waals surface area contributed by atoms with Crippen LogP contribution in [0.5, 0.6) is 0 Å². The summed E-state index contributed by atoms with van der Waals surface area (Å²) in [5, 5.41) is 0. The van der Waals surface area contributed by atoms with Gasteiger partial charge in [-0.3, -0.25) is 4.79 Å². The average Bonchev–Trinajstić information content (AvgIpc) is 2.49. The summed E-state index contributed by atoms with van der Waals surface area (Å²) in [4.78, 5) is 14.0. The number of rotatable bonds is 5. The number of nitrogens with zero attached hydrogens (tertiary/aromatic N) is 1. The lowest BCUT2D eigenvalue weighted by atomic mass is 9.63. The van der Waals surface area contributed by atoms with Crippen LogP contribution in [0.1, 0.15) is 84.5 Å². The summed E-state index contributed by atoms with van der Waals surface area (Å²) in [7, 11) is 0. The maximum atomic E-state index is 12.1. The van der Waals surface area contributed by atoms with Crippen LogP contribution in [0.4, 0.5) is 0 Å². The zero-order valence-electron chi connectivity index (χ0n) is 13.6. The van der Waals surface area contributed by atoms with Gasteiger partial charge >= 0.3 is 0 Å². The van der Waals surface area contributed by atoms with Crippen molar-refractivity contribution >= 4 is 5.91 Å². The van der Waals surface area contributed by atoms with E-state index in [4.69, 9.17) is 0 Å². The molecule has 2 fully saturated rings. The van der Waals surface area contributed by atoms with Gasteiger partial charge in [0.05, 0.1) is 0 Å². The first-order chi connectivity index (χ1) is 9.69. The van der Waals surface area contributed by atoms with Crippen LogP contribution in [0, 0.1) is 11.3 Å². The maximum Gasteiger partial charge on any atom is 0.222 e. The van der Waals surface area contributed by atoms with Crippen LogP contribution < -0.4 is 0 Å². The Morgan fingerprint density at radius 2 is 1.60 bits per heavy atom. The number of carbonyl (C=O) groups is 1. The molecule has 0 aliphatic heterocycles. The van der Waals surface area contributed by atoms with Crippen LogP contribution >= 0.6 is 0 Å². The Hall–Kier alpha value is -0.530. The number of hydrogen-bond acceptors (Lipinski definition) is 1. The predicted octanol–water partition coefficient (Wildman–Crippen LogP) is 4.78. The van der Waals surface area contributed by atoms with Crippen LogP contribution in [-0.4, -0.2) is 23.9 Å². The van der Waals surface area contributed by atoms with E-state index in [9.17, 15) is 4.79 Å². The lowest BCUT2D eigenvalue weighted by Crippen LogP contribution is -2.32. The number of carbonyl (C=O) groups excluding carboxylic acids is 1. The van der Waals surface area contributed by atoms with Crippen LogP contribution in [0.25, 0.3) is 0 Å². The highest BCUT2D eigenvalue weighted by molar-refractivity contribution is 5.76. The van der Waals surface area contributed by atoms with Gasteiger partial charge in [-0.2, -0.15) is 0 Å². The van der Waals surface area contributed by atoms with Crippen molar-refractivity contribution in [2.45, 2.75) is 84.5 Å². The Morgan fingerprint density at radius 1 is 1.00 bits per heavy atom. The van der Waals surface area contributed by atoms with E-state index in [0.717, 1.165) is 37.3 Å². The summed E-state index contributed by atoms with van der Waals surface area (Å²) in [6, 6.07) is 0. The summed E-state index contributed by atoms with van der Waals surface area (Å²) in [5.41, 5.74) is 0.720. The second-order valence-electron chi connectivity index (χ2n) is 7.11. The van der Waals surface area contributed by atoms with Gasteiger partial charge in [0.25, 0.3) is 0 Å². The van der Waals surface area contributed by atoms with E-state index in [0.29, 0.717) is 5.91 Å². The Labute approximate surface area is 125 Å². The van der Waals surface area contributed by atoms with Crippen molar-refractivity contribution in [3.05, 3.63) is 0 Å². The van der Waals surface area contributed by atoms with Gasteiger partial charge in [0.1, 0.15) is 0 Å². The highest BCUT2D eigenvalue weighted by Crippen LogP contribution is 2.49. The molecule has 0 heterocycles. The smallest absolute Gasteiger partial charge is 0.222 e. The van der Waals surface area contributed by atoms with Crippen LogP contribution in [0.3, 0.4) is 0 Å². The van der Waals surface area contributed by atoms with Crippen LogP contribution in [0.15, 0.2) is 0 Å². The Kier molecular flexibility index (Phi) is 5.92. The largest absolute Gasteiger partial charge is 0.343 e. The van der Waals surface area contributed by atoms with Crippen molar-refractivity contribution in [1.29, 1.82) is 0 Å². The van der Waals surface area contributed by atoms with Gasteiger partial charge in [-0.05, 0) is 70.1 Å². The van der Waals surface area contributed by atoms with E-state index in [1.54, 1.807) is 0 Å². The Bertz CT molecular complexity index is 293. The molecule has 0 bridgehead atoms. The Balaban J connectivity index is 1.70. The van der Waals surface area contributed by atoms with E-state index < -0.39 is 0 Å². The summed E-state index contributed by atoms with van der Waals surface area (Å²) < 4.78 is 0. The molecule has 116 valence electrons. The normalized spacial score (nSPS) is 22.9. The highest BCUT2D eigenvalue weighted by atomic mass is 16.2. The molecule has 1 amide bonds. The molecular weight excluding hydrogens is 246 g/mol.